The molecular weight excluding hydrogens is 186 g/mol. The summed E-state index contributed by atoms with van der Waals surface area (Å²) in [5, 5.41) is 3.63. The van der Waals surface area contributed by atoms with Crippen molar-refractivity contribution < 1.29 is 0 Å². The summed E-state index contributed by atoms with van der Waals surface area (Å²) in [5.74, 6) is 1.20. The third-order valence-electron chi connectivity index (χ3n) is 2.02. The highest BCUT2D eigenvalue weighted by Crippen LogP contribution is 2.16. The van der Waals surface area contributed by atoms with Crippen LogP contribution in [0.1, 0.15) is 20.8 Å². The van der Waals surface area contributed by atoms with Gasteiger partial charge in [-0.2, -0.15) is 0 Å². The summed E-state index contributed by atoms with van der Waals surface area (Å²) in [6, 6.07) is 0.342. The van der Waals surface area contributed by atoms with Gasteiger partial charge in [-0.15, -0.1) is 0 Å². The molecule has 72 valence electrons. The van der Waals surface area contributed by atoms with Crippen LogP contribution in [0, 0.1) is 5.92 Å². The molecule has 0 aromatic carbocycles. The lowest BCUT2D eigenvalue weighted by atomic mass is 10.1. The Morgan fingerprint density at radius 2 is 1.85 bits per heavy atom. The lowest BCUT2D eigenvalue weighted by Crippen LogP contribution is -2.22. The summed E-state index contributed by atoms with van der Waals surface area (Å²) in [6.07, 6.45) is 3.20. The molecule has 0 saturated carbocycles. The van der Waals surface area contributed by atoms with Gasteiger partial charge >= 0.3 is 0 Å². The number of anilines is 1. The molecule has 4 heteroatoms. The van der Waals surface area contributed by atoms with Gasteiger partial charge in [0.15, 0.2) is 11.0 Å². The summed E-state index contributed by atoms with van der Waals surface area (Å²) in [5.41, 5.74) is 0. The highest BCUT2D eigenvalue weighted by molar-refractivity contribution is 6.31. The lowest BCUT2D eigenvalue weighted by molar-refractivity contribution is 0.558. The molecule has 1 atom stereocenters. The molecule has 0 aliphatic rings. The predicted molar refractivity (Wildman–Crippen MR) is 55.0 cm³/mol. The summed E-state index contributed by atoms with van der Waals surface area (Å²) >= 11 is 5.84. The number of hydrogen-bond donors (Lipinski definition) is 1. The largest absolute Gasteiger partial charge is 0.365 e. The van der Waals surface area contributed by atoms with Crippen LogP contribution >= 0.6 is 11.6 Å². The highest BCUT2D eigenvalue weighted by atomic mass is 35.5. The van der Waals surface area contributed by atoms with Crippen molar-refractivity contribution >= 4 is 17.4 Å². The summed E-state index contributed by atoms with van der Waals surface area (Å²) in [6.45, 7) is 6.37. The van der Waals surface area contributed by atoms with E-state index in [-0.39, 0.29) is 0 Å². The molecule has 0 spiro atoms. The second-order valence-corrected chi connectivity index (χ2v) is 3.73. The molecule has 0 saturated heterocycles. The zero-order chi connectivity index (χ0) is 9.84. The SMILES string of the molecule is CC(C)C(C)Nc1nccnc1Cl. The van der Waals surface area contributed by atoms with Crippen LogP contribution in [0.25, 0.3) is 0 Å². The predicted octanol–water partition coefficient (Wildman–Crippen LogP) is 2.59. The number of nitrogens with one attached hydrogen (secondary N) is 1. The van der Waals surface area contributed by atoms with Gasteiger partial charge in [0.05, 0.1) is 0 Å². The van der Waals surface area contributed by atoms with Crippen molar-refractivity contribution in [2.75, 3.05) is 5.32 Å². The van der Waals surface area contributed by atoms with E-state index in [1.807, 2.05) is 0 Å². The molecule has 0 radical (unpaired) electrons. The van der Waals surface area contributed by atoms with Crippen molar-refractivity contribution in [1.29, 1.82) is 0 Å². The first-order valence-corrected chi connectivity index (χ1v) is 4.72. The van der Waals surface area contributed by atoms with Crippen LogP contribution in [0.15, 0.2) is 12.4 Å². The van der Waals surface area contributed by atoms with Crippen molar-refractivity contribution in [3.63, 3.8) is 0 Å². The summed E-state index contributed by atoms with van der Waals surface area (Å²) in [4.78, 5) is 8.03. The van der Waals surface area contributed by atoms with Gasteiger partial charge < -0.3 is 5.32 Å². The fourth-order valence-corrected chi connectivity index (χ4v) is 0.960. The molecule has 0 fully saturated rings. The van der Waals surface area contributed by atoms with Gasteiger partial charge in [-0.25, -0.2) is 9.97 Å². The maximum Gasteiger partial charge on any atom is 0.171 e. The van der Waals surface area contributed by atoms with E-state index < -0.39 is 0 Å². The van der Waals surface area contributed by atoms with Gasteiger partial charge in [0.1, 0.15) is 0 Å². The second kappa shape index (κ2) is 4.42. The molecule has 1 unspecified atom stereocenters. The van der Waals surface area contributed by atoms with E-state index in [9.17, 15) is 0 Å². The summed E-state index contributed by atoms with van der Waals surface area (Å²) < 4.78 is 0. The molecule has 3 nitrogen and oxygen atoms in total. The Balaban J connectivity index is 2.69. The molecule has 1 rings (SSSR count). The molecule has 13 heavy (non-hydrogen) atoms. The third-order valence-corrected chi connectivity index (χ3v) is 2.29. The fraction of sp³-hybridized carbons (Fsp3) is 0.556. The quantitative estimate of drug-likeness (QED) is 0.813. The number of aromatic nitrogens is 2. The van der Waals surface area contributed by atoms with Crippen molar-refractivity contribution in [3.8, 4) is 0 Å². The van der Waals surface area contributed by atoms with Gasteiger partial charge in [0, 0.05) is 18.4 Å². The molecular formula is C9H14ClN3. The average Bonchev–Trinajstić information content (AvgIpc) is 2.08. The topological polar surface area (TPSA) is 37.8 Å². The minimum Gasteiger partial charge on any atom is -0.365 e. The first-order chi connectivity index (χ1) is 6.11. The Morgan fingerprint density at radius 3 is 2.38 bits per heavy atom. The van der Waals surface area contributed by atoms with Crippen LogP contribution in [0.5, 0.6) is 0 Å². The van der Waals surface area contributed by atoms with E-state index in [2.05, 4.69) is 36.1 Å². The number of halogens is 1. The zero-order valence-corrected chi connectivity index (χ0v) is 8.84. The fourth-order valence-electron chi connectivity index (χ4n) is 0.800. The second-order valence-electron chi connectivity index (χ2n) is 3.37. The van der Waals surface area contributed by atoms with Gasteiger partial charge in [-0.1, -0.05) is 25.4 Å². The average molecular weight is 200 g/mol. The monoisotopic (exact) mass is 199 g/mol. The molecule has 1 N–H and O–H groups in total. The maximum atomic E-state index is 5.84. The third kappa shape index (κ3) is 2.84. The maximum absolute atomic E-state index is 5.84. The van der Waals surface area contributed by atoms with E-state index in [1.165, 1.54) is 0 Å². The number of hydrogen-bond acceptors (Lipinski definition) is 3. The Kier molecular flexibility index (Phi) is 3.48. The Hall–Kier alpha value is -0.830. The first-order valence-electron chi connectivity index (χ1n) is 4.34. The van der Waals surface area contributed by atoms with Crippen LogP contribution in [0.2, 0.25) is 5.15 Å². The van der Waals surface area contributed by atoms with Crippen LogP contribution in [0.3, 0.4) is 0 Å². The Labute approximate surface area is 83.5 Å². The van der Waals surface area contributed by atoms with E-state index >= 15 is 0 Å². The standard InChI is InChI=1S/C9H14ClN3/c1-6(2)7(3)13-9-8(10)11-4-5-12-9/h4-7H,1-3H3,(H,12,13). The van der Waals surface area contributed by atoms with Crippen LogP contribution in [0.4, 0.5) is 5.82 Å². The van der Waals surface area contributed by atoms with Gasteiger partial charge in [-0.05, 0) is 12.8 Å². The van der Waals surface area contributed by atoms with Crippen molar-refractivity contribution in [1.82, 2.24) is 9.97 Å². The molecule has 1 aromatic heterocycles. The van der Waals surface area contributed by atoms with Crippen LogP contribution in [-0.4, -0.2) is 16.0 Å². The van der Waals surface area contributed by atoms with Crippen LogP contribution < -0.4 is 5.32 Å². The molecule has 0 amide bonds. The smallest absolute Gasteiger partial charge is 0.171 e. The van der Waals surface area contributed by atoms with Crippen molar-refractivity contribution in [3.05, 3.63) is 17.5 Å². The molecule has 0 bridgehead atoms. The number of rotatable bonds is 3. The first kappa shape index (κ1) is 10.3. The van der Waals surface area contributed by atoms with E-state index in [1.54, 1.807) is 12.4 Å². The van der Waals surface area contributed by atoms with Gasteiger partial charge in [0.25, 0.3) is 0 Å². The molecule has 1 aromatic rings. The molecule has 0 aliphatic heterocycles. The van der Waals surface area contributed by atoms with E-state index in [0.29, 0.717) is 22.9 Å². The lowest BCUT2D eigenvalue weighted by Gasteiger charge is -2.17. The van der Waals surface area contributed by atoms with Crippen molar-refractivity contribution in [2.45, 2.75) is 26.8 Å². The zero-order valence-electron chi connectivity index (χ0n) is 8.08. The van der Waals surface area contributed by atoms with Crippen molar-refractivity contribution in [2.24, 2.45) is 5.92 Å². The normalized spacial score (nSPS) is 13.0. The Bertz CT molecular complexity index is 275. The molecule has 0 aliphatic carbocycles. The van der Waals surface area contributed by atoms with Crippen LogP contribution in [-0.2, 0) is 0 Å². The van der Waals surface area contributed by atoms with Gasteiger partial charge in [-0.3, -0.25) is 0 Å². The Morgan fingerprint density at radius 1 is 1.23 bits per heavy atom. The number of nitrogens with zero attached hydrogens (tertiary/aromatic N) is 2. The van der Waals surface area contributed by atoms with E-state index in [0.717, 1.165) is 0 Å². The highest BCUT2D eigenvalue weighted by Gasteiger charge is 2.09. The van der Waals surface area contributed by atoms with E-state index in [4.69, 9.17) is 11.6 Å². The van der Waals surface area contributed by atoms with Gasteiger partial charge in [0.2, 0.25) is 0 Å². The molecule has 1 heterocycles. The minimum atomic E-state index is 0.342. The minimum absolute atomic E-state index is 0.342. The summed E-state index contributed by atoms with van der Waals surface area (Å²) in [7, 11) is 0.